The molecule has 1 aromatic carbocycles. The Labute approximate surface area is 154 Å². The van der Waals surface area contributed by atoms with Crippen LogP contribution in [0.15, 0.2) is 30.3 Å². The molecule has 1 aromatic rings. The van der Waals surface area contributed by atoms with Crippen molar-refractivity contribution in [2.75, 3.05) is 0 Å². The Morgan fingerprint density at radius 2 is 1.77 bits per heavy atom. The number of nitrogens with one attached hydrogen (secondary N) is 2. The monoisotopic (exact) mass is 363 g/mol. The van der Waals surface area contributed by atoms with Crippen molar-refractivity contribution < 1.29 is 19.1 Å². The van der Waals surface area contributed by atoms with Gasteiger partial charge in [-0.25, -0.2) is 4.79 Å². The summed E-state index contributed by atoms with van der Waals surface area (Å²) in [5.41, 5.74) is 6.20. The van der Waals surface area contributed by atoms with Crippen molar-refractivity contribution in [1.29, 1.82) is 0 Å². The van der Waals surface area contributed by atoms with Gasteiger partial charge in [0.25, 0.3) is 0 Å². The molecule has 0 aromatic heterocycles. The third kappa shape index (κ3) is 7.55. The van der Waals surface area contributed by atoms with Crippen LogP contribution < -0.4 is 16.4 Å². The van der Waals surface area contributed by atoms with Crippen molar-refractivity contribution in [3.8, 4) is 0 Å². The number of nitrogens with two attached hydrogens (primary N) is 1. The topological polar surface area (TPSA) is 111 Å². The van der Waals surface area contributed by atoms with Crippen molar-refractivity contribution in [3.05, 3.63) is 35.9 Å². The number of hydrogen-bond donors (Lipinski definition) is 3. The number of carbonyl (C=O) groups is 3. The molecule has 0 unspecified atom stereocenters. The van der Waals surface area contributed by atoms with E-state index in [2.05, 4.69) is 10.6 Å². The lowest BCUT2D eigenvalue weighted by atomic mass is 10.0. The van der Waals surface area contributed by atoms with E-state index in [1.807, 2.05) is 37.3 Å². The van der Waals surface area contributed by atoms with E-state index in [0.29, 0.717) is 6.42 Å². The minimum Gasteiger partial charge on any atom is -0.445 e. The summed E-state index contributed by atoms with van der Waals surface area (Å²) in [6, 6.07) is 7.68. The van der Waals surface area contributed by atoms with Crippen LogP contribution in [-0.2, 0) is 20.9 Å². The average Bonchev–Trinajstić information content (AvgIpc) is 2.61. The second kappa shape index (κ2) is 11.1. The van der Waals surface area contributed by atoms with Gasteiger partial charge in [-0.3, -0.25) is 9.59 Å². The zero-order chi connectivity index (χ0) is 19.5. The number of primary amides is 1. The minimum atomic E-state index is -0.818. The lowest BCUT2D eigenvalue weighted by molar-refractivity contribution is -0.129. The van der Waals surface area contributed by atoms with Gasteiger partial charge >= 0.3 is 6.09 Å². The zero-order valence-electron chi connectivity index (χ0n) is 15.7. The Bertz CT molecular complexity index is 590. The molecule has 26 heavy (non-hydrogen) atoms. The van der Waals surface area contributed by atoms with E-state index < -0.39 is 30.0 Å². The van der Waals surface area contributed by atoms with Crippen molar-refractivity contribution in [3.63, 3.8) is 0 Å². The molecule has 0 saturated carbocycles. The summed E-state index contributed by atoms with van der Waals surface area (Å²) < 4.78 is 5.15. The first-order valence-corrected chi connectivity index (χ1v) is 8.92. The van der Waals surface area contributed by atoms with Crippen LogP contribution in [0.3, 0.4) is 0 Å². The third-order valence-electron chi connectivity index (χ3n) is 3.94. The van der Waals surface area contributed by atoms with Crippen LogP contribution in [0.1, 0.15) is 45.6 Å². The molecule has 2 atom stereocenters. The van der Waals surface area contributed by atoms with Crippen LogP contribution in [0.25, 0.3) is 0 Å². The van der Waals surface area contributed by atoms with Gasteiger partial charge in [-0.1, -0.05) is 63.9 Å². The second-order valence-electron chi connectivity index (χ2n) is 6.53. The summed E-state index contributed by atoms with van der Waals surface area (Å²) >= 11 is 0. The van der Waals surface area contributed by atoms with Crippen LogP contribution in [0.2, 0.25) is 0 Å². The second-order valence-corrected chi connectivity index (χ2v) is 6.53. The molecule has 4 N–H and O–H groups in total. The van der Waals surface area contributed by atoms with E-state index in [4.69, 9.17) is 10.5 Å². The van der Waals surface area contributed by atoms with E-state index >= 15 is 0 Å². The quantitative estimate of drug-likeness (QED) is 0.591. The van der Waals surface area contributed by atoms with Gasteiger partial charge in [-0.05, 0) is 17.9 Å². The van der Waals surface area contributed by atoms with Crippen molar-refractivity contribution in [2.45, 2.75) is 58.7 Å². The fourth-order valence-electron chi connectivity index (χ4n) is 2.38. The summed E-state index contributed by atoms with van der Waals surface area (Å²) in [5, 5.41) is 5.19. The first kappa shape index (κ1) is 21.5. The molecule has 3 amide bonds. The van der Waals surface area contributed by atoms with Gasteiger partial charge in [-0.15, -0.1) is 0 Å². The van der Waals surface area contributed by atoms with Crippen LogP contribution in [-0.4, -0.2) is 30.0 Å². The molecule has 0 aliphatic rings. The number of amides is 3. The van der Waals surface area contributed by atoms with Gasteiger partial charge in [-0.2, -0.15) is 0 Å². The van der Waals surface area contributed by atoms with E-state index in [-0.39, 0.29) is 12.5 Å². The number of benzene rings is 1. The number of rotatable bonds is 10. The normalized spacial score (nSPS) is 12.9. The molecule has 1 rings (SSSR count). The largest absolute Gasteiger partial charge is 0.445 e. The third-order valence-corrected chi connectivity index (χ3v) is 3.94. The van der Waals surface area contributed by atoms with Crippen LogP contribution >= 0.6 is 0 Å². The maximum atomic E-state index is 12.5. The highest BCUT2D eigenvalue weighted by atomic mass is 16.5. The molecule has 0 heterocycles. The zero-order valence-corrected chi connectivity index (χ0v) is 15.7. The molecule has 0 radical (unpaired) electrons. The molecule has 0 bridgehead atoms. The number of unbranched alkanes of at least 4 members (excludes halogenated alkanes) is 1. The highest BCUT2D eigenvalue weighted by Crippen LogP contribution is 2.07. The number of alkyl carbamates (subject to hydrolysis) is 1. The highest BCUT2D eigenvalue weighted by molar-refractivity contribution is 5.90. The molecular formula is C19H29N3O4. The predicted molar refractivity (Wildman–Crippen MR) is 99.0 cm³/mol. The summed E-state index contributed by atoms with van der Waals surface area (Å²) in [7, 11) is 0. The van der Waals surface area contributed by atoms with Gasteiger partial charge < -0.3 is 21.1 Å². The Kier molecular flexibility index (Phi) is 9.19. The average molecular weight is 363 g/mol. The fourth-order valence-corrected chi connectivity index (χ4v) is 2.38. The number of carbonyl (C=O) groups excluding carboxylic acids is 3. The van der Waals surface area contributed by atoms with Crippen LogP contribution in [0.4, 0.5) is 4.79 Å². The van der Waals surface area contributed by atoms with Crippen LogP contribution in [0, 0.1) is 5.92 Å². The molecule has 0 saturated heterocycles. The lowest BCUT2D eigenvalue weighted by Gasteiger charge is -2.24. The SMILES string of the molecule is CCCC[C@H](NC(=O)[C@@H](NC(=O)OCc1ccccc1)C(C)C)C(N)=O. The number of hydrogen-bond acceptors (Lipinski definition) is 4. The summed E-state index contributed by atoms with van der Waals surface area (Å²) in [6.45, 7) is 5.70. The summed E-state index contributed by atoms with van der Waals surface area (Å²) in [4.78, 5) is 36.0. The fraction of sp³-hybridized carbons (Fsp3) is 0.526. The standard InChI is InChI=1S/C19H29N3O4/c1-4-5-11-15(17(20)23)21-18(24)16(13(2)3)22-19(25)26-12-14-9-7-6-8-10-14/h6-10,13,15-16H,4-5,11-12H2,1-3H3,(H2,20,23)(H,21,24)(H,22,25)/t15-,16-/m0/s1. The Morgan fingerprint density at radius 1 is 1.12 bits per heavy atom. The predicted octanol–water partition coefficient (Wildman–Crippen LogP) is 2.10. The van der Waals surface area contributed by atoms with Crippen molar-refractivity contribution in [1.82, 2.24) is 10.6 Å². The molecular weight excluding hydrogens is 334 g/mol. The van der Waals surface area contributed by atoms with Crippen molar-refractivity contribution >= 4 is 17.9 Å². The maximum absolute atomic E-state index is 12.5. The van der Waals surface area contributed by atoms with Crippen molar-refractivity contribution in [2.24, 2.45) is 11.7 Å². The molecule has 0 aliphatic heterocycles. The van der Waals surface area contributed by atoms with Gasteiger partial charge in [0.2, 0.25) is 11.8 Å². The first-order valence-electron chi connectivity index (χ1n) is 8.92. The molecule has 0 fully saturated rings. The maximum Gasteiger partial charge on any atom is 0.408 e. The number of ether oxygens (including phenoxy) is 1. The first-order chi connectivity index (χ1) is 12.3. The van der Waals surface area contributed by atoms with E-state index in [9.17, 15) is 14.4 Å². The summed E-state index contributed by atoms with van der Waals surface area (Å²) in [5.74, 6) is -1.21. The lowest BCUT2D eigenvalue weighted by Crippen LogP contribution is -2.54. The minimum absolute atomic E-state index is 0.111. The highest BCUT2D eigenvalue weighted by Gasteiger charge is 2.28. The Morgan fingerprint density at radius 3 is 2.31 bits per heavy atom. The Hall–Kier alpha value is -2.57. The van der Waals surface area contributed by atoms with E-state index in [1.54, 1.807) is 13.8 Å². The van der Waals surface area contributed by atoms with E-state index in [0.717, 1.165) is 18.4 Å². The molecule has 7 nitrogen and oxygen atoms in total. The van der Waals surface area contributed by atoms with E-state index in [1.165, 1.54) is 0 Å². The Balaban J connectivity index is 2.61. The molecule has 144 valence electrons. The van der Waals surface area contributed by atoms with Gasteiger partial charge in [0.05, 0.1) is 0 Å². The van der Waals surface area contributed by atoms with Crippen LogP contribution in [0.5, 0.6) is 0 Å². The molecule has 7 heteroatoms. The molecule has 0 aliphatic carbocycles. The van der Waals surface area contributed by atoms with Gasteiger partial charge in [0.1, 0.15) is 18.7 Å². The molecule has 0 spiro atoms. The van der Waals surface area contributed by atoms with Gasteiger partial charge in [0.15, 0.2) is 0 Å². The summed E-state index contributed by atoms with van der Waals surface area (Å²) in [6.07, 6.45) is 1.44. The van der Waals surface area contributed by atoms with Gasteiger partial charge in [0, 0.05) is 0 Å². The smallest absolute Gasteiger partial charge is 0.408 e.